The van der Waals surface area contributed by atoms with Crippen LogP contribution in [0.2, 0.25) is 0 Å². The van der Waals surface area contributed by atoms with Crippen molar-refractivity contribution in [3.05, 3.63) is 95.3 Å². The maximum absolute atomic E-state index is 13.3. The van der Waals surface area contributed by atoms with Gasteiger partial charge in [-0.25, -0.2) is 4.39 Å². The van der Waals surface area contributed by atoms with Crippen molar-refractivity contribution >= 4 is 23.1 Å². The topological polar surface area (TPSA) is 87.1 Å². The zero-order valence-electron chi connectivity index (χ0n) is 16.4. The molecule has 1 amide bonds. The van der Waals surface area contributed by atoms with Crippen molar-refractivity contribution < 1.29 is 28.9 Å². The molecular formula is C24H18FNO5. The first-order chi connectivity index (χ1) is 14.9. The van der Waals surface area contributed by atoms with Gasteiger partial charge in [0.15, 0.2) is 11.5 Å². The number of amides is 1. The highest BCUT2D eigenvalue weighted by Crippen LogP contribution is 2.43. The number of Topliss-reactive ketones (excluding diaryl/α,β-unsaturated/α-hetero) is 1. The van der Waals surface area contributed by atoms with Crippen molar-refractivity contribution in [3.8, 4) is 11.5 Å². The molecule has 3 aromatic carbocycles. The fourth-order valence-electron chi connectivity index (χ4n) is 3.63. The number of ether oxygens (including phenoxy) is 1. The number of phenolic OH excluding ortho intramolecular Hbond substituents is 1. The van der Waals surface area contributed by atoms with Crippen LogP contribution in [0.25, 0.3) is 5.76 Å². The third-order valence-electron chi connectivity index (χ3n) is 5.12. The molecule has 0 spiro atoms. The minimum absolute atomic E-state index is 0.110. The van der Waals surface area contributed by atoms with Gasteiger partial charge in [-0.1, -0.05) is 24.3 Å². The first-order valence-electron chi connectivity index (χ1n) is 9.41. The molecule has 1 atom stereocenters. The SMILES string of the molecule is COc1cc([C@@H]2C(=C(O)c3ccc(F)cc3)C(=O)C(=O)N2c2ccccc2)ccc1O. The Hall–Kier alpha value is -4.13. The highest BCUT2D eigenvalue weighted by atomic mass is 19.1. The summed E-state index contributed by atoms with van der Waals surface area (Å²) in [7, 11) is 1.38. The van der Waals surface area contributed by atoms with E-state index >= 15 is 0 Å². The normalized spacial score (nSPS) is 17.7. The van der Waals surface area contributed by atoms with Crippen LogP contribution in [0.15, 0.2) is 78.4 Å². The summed E-state index contributed by atoms with van der Waals surface area (Å²) >= 11 is 0. The monoisotopic (exact) mass is 419 g/mol. The molecule has 1 heterocycles. The number of anilines is 1. The molecule has 0 aromatic heterocycles. The van der Waals surface area contributed by atoms with Gasteiger partial charge in [0.1, 0.15) is 11.6 Å². The lowest BCUT2D eigenvalue weighted by Gasteiger charge is -2.25. The summed E-state index contributed by atoms with van der Waals surface area (Å²) in [5.41, 5.74) is 0.956. The average molecular weight is 419 g/mol. The van der Waals surface area contributed by atoms with Gasteiger partial charge in [-0.15, -0.1) is 0 Å². The summed E-state index contributed by atoms with van der Waals surface area (Å²) in [6, 6.07) is 17.0. The fourth-order valence-corrected chi connectivity index (χ4v) is 3.63. The van der Waals surface area contributed by atoms with Gasteiger partial charge in [-0.2, -0.15) is 0 Å². The smallest absolute Gasteiger partial charge is 0.300 e. The Kier molecular flexibility index (Phi) is 5.17. The van der Waals surface area contributed by atoms with Crippen molar-refractivity contribution in [2.24, 2.45) is 0 Å². The van der Waals surface area contributed by atoms with Gasteiger partial charge in [0.2, 0.25) is 0 Å². The number of rotatable bonds is 4. The molecular weight excluding hydrogens is 401 g/mol. The number of carbonyl (C=O) groups excluding carboxylic acids is 2. The van der Waals surface area contributed by atoms with Gasteiger partial charge in [-0.3, -0.25) is 14.5 Å². The van der Waals surface area contributed by atoms with Crippen LogP contribution in [0, 0.1) is 5.82 Å². The number of halogens is 1. The number of phenols is 1. The zero-order valence-corrected chi connectivity index (χ0v) is 16.4. The van der Waals surface area contributed by atoms with Crippen LogP contribution in [0.3, 0.4) is 0 Å². The van der Waals surface area contributed by atoms with E-state index in [1.807, 2.05) is 0 Å². The van der Waals surface area contributed by atoms with Gasteiger partial charge in [0.25, 0.3) is 11.7 Å². The molecule has 1 fully saturated rings. The predicted octanol–water partition coefficient (Wildman–Crippen LogP) is 4.17. The molecule has 0 bridgehead atoms. The van der Waals surface area contributed by atoms with Crippen molar-refractivity contribution in [2.75, 3.05) is 12.0 Å². The van der Waals surface area contributed by atoms with E-state index in [2.05, 4.69) is 0 Å². The highest BCUT2D eigenvalue weighted by molar-refractivity contribution is 6.51. The molecule has 0 radical (unpaired) electrons. The standard InChI is InChI=1S/C24H18FNO5/c1-31-19-13-15(9-12-18(19)27)21-20(22(28)14-7-10-16(25)11-8-14)23(29)24(30)26(21)17-5-3-2-4-6-17/h2-13,21,27-28H,1H3/t21-/m1/s1. The zero-order chi connectivity index (χ0) is 22.1. The Bertz CT molecular complexity index is 1190. The van der Waals surface area contributed by atoms with Gasteiger partial charge in [0, 0.05) is 11.3 Å². The molecule has 31 heavy (non-hydrogen) atoms. The van der Waals surface area contributed by atoms with Gasteiger partial charge >= 0.3 is 0 Å². The maximum atomic E-state index is 13.3. The first-order valence-corrected chi connectivity index (χ1v) is 9.41. The predicted molar refractivity (Wildman–Crippen MR) is 112 cm³/mol. The number of nitrogens with zero attached hydrogens (tertiary/aromatic N) is 1. The Morgan fingerprint density at radius 1 is 1.00 bits per heavy atom. The molecule has 0 aliphatic carbocycles. The lowest BCUT2D eigenvalue weighted by atomic mass is 9.94. The van der Waals surface area contributed by atoms with E-state index < -0.39 is 29.3 Å². The summed E-state index contributed by atoms with van der Waals surface area (Å²) < 4.78 is 18.5. The summed E-state index contributed by atoms with van der Waals surface area (Å²) in [5, 5.41) is 20.9. The fraction of sp³-hybridized carbons (Fsp3) is 0.0833. The van der Waals surface area contributed by atoms with E-state index in [9.17, 15) is 24.2 Å². The van der Waals surface area contributed by atoms with E-state index in [1.54, 1.807) is 36.4 Å². The number of hydrogen-bond acceptors (Lipinski definition) is 5. The Labute approximate surface area is 177 Å². The molecule has 1 aliphatic rings. The molecule has 4 rings (SSSR count). The first kappa shape index (κ1) is 20.2. The largest absolute Gasteiger partial charge is 0.507 e. The second-order valence-corrected chi connectivity index (χ2v) is 6.94. The Morgan fingerprint density at radius 2 is 1.68 bits per heavy atom. The van der Waals surface area contributed by atoms with E-state index in [-0.39, 0.29) is 22.6 Å². The lowest BCUT2D eigenvalue weighted by molar-refractivity contribution is -0.132. The number of ketones is 1. The minimum Gasteiger partial charge on any atom is -0.507 e. The number of aromatic hydroxyl groups is 1. The minimum atomic E-state index is -0.984. The van der Waals surface area contributed by atoms with E-state index in [0.29, 0.717) is 11.3 Å². The highest BCUT2D eigenvalue weighted by Gasteiger charge is 2.47. The number of para-hydroxylation sites is 1. The van der Waals surface area contributed by atoms with Crippen LogP contribution < -0.4 is 9.64 Å². The third kappa shape index (κ3) is 3.50. The van der Waals surface area contributed by atoms with Crippen LogP contribution >= 0.6 is 0 Å². The molecule has 7 heteroatoms. The van der Waals surface area contributed by atoms with Gasteiger partial charge in [0.05, 0.1) is 18.7 Å². The summed E-state index contributed by atoms with van der Waals surface area (Å²) in [5.74, 6) is -2.57. The molecule has 1 saturated heterocycles. The van der Waals surface area contributed by atoms with Crippen LogP contribution in [0.1, 0.15) is 17.2 Å². The number of aliphatic hydroxyl groups excluding tert-OH is 1. The molecule has 0 unspecified atom stereocenters. The van der Waals surface area contributed by atoms with E-state index in [4.69, 9.17) is 4.74 Å². The number of aliphatic hydroxyl groups is 1. The van der Waals surface area contributed by atoms with Crippen molar-refractivity contribution in [1.82, 2.24) is 0 Å². The van der Waals surface area contributed by atoms with Crippen molar-refractivity contribution in [2.45, 2.75) is 6.04 Å². The quantitative estimate of drug-likeness (QED) is 0.377. The molecule has 0 saturated carbocycles. The molecule has 156 valence electrons. The van der Waals surface area contributed by atoms with Crippen molar-refractivity contribution in [3.63, 3.8) is 0 Å². The molecule has 2 N–H and O–H groups in total. The second-order valence-electron chi connectivity index (χ2n) is 6.94. The second kappa shape index (κ2) is 7.95. The van der Waals surface area contributed by atoms with Crippen LogP contribution in [0.5, 0.6) is 11.5 Å². The number of carbonyl (C=O) groups is 2. The van der Waals surface area contributed by atoms with Crippen molar-refractivity contribution in [1.29, 1.82) is 0 Å². The average Bonchev–Trinajstić information content (AvgIpc) is 3.05. The number of benzene rings is 3. The third-order valence-corrected chi connectivity index (χ3v) is 5.12. The van der Waals surface area contributed by atoms with E-state index in [0.717, 1.165) is 12.1 Å². The number of methoxy groups -OCH3 is 1. The van der Waals surface area contributed by atoms with Gasteiger partial charge in [-0.05, 0) is 54.1 Å². The lowest BCUT2D eigenvalue weighted by Crippen LogP contribution is -2.29. The van der Waals surface area contributed by atoms with Crippen LogP contribution in [-0.2, 0) is 9.59 Å². The number of hydrogen-bond donors (Lipinski definition) is 2. The molecule has 1 aliphatic heterocycles. The summed E-state index contributed by atoms with van der Waals surface area (Å²) in [6.07, 6.45) is 0. The Balaban J connectivity index is 1.96. The van der Waals surface area contributed by atoms with Crippen LogP contribution in [-0.4, -0.2) is 29.0 Å². The van der Waals surface area contributed by atoms with Crippen LogP contribution in [0.4, 0.5) is 10.1 Å². The molecule has 6 nitrogen and oxygen atoms in total. The maximum Gasteiger partial charge on any atom is 0.300 e. The summed E-state index contributed by atoms with van der Waals surface area (Å²) in [6.45, 7) is 0. The summed E-state index contributed by atoms with van der Waals surface area (Å²) in [4.78, 5) is 27.3. The van der Waals surface area contributed by atoms with E-state index in [1.165, 1.54) is 36.3 Å². The van der Waals surface area contributed by atoms with Gasteiger partial charge < -0.3 is 14.9 Å². The Morgan fingerprint density at radius 3 is 2.32 bits per heavy atom. The molecule has 3 aromatic rings.